The Kier molecular flexibility index (Phi) is 4.50. The van der Waals surface area contributed by atoms with Crippen LogP contribution in [0.3, 0.4) is 0 Å². The molecule has 1 aliphatic rings. The molecule has 4 aromatic rings. The van der Waals surface area contributed by atoms with E-state index in [0.29, 0.717) is 17.5 Å². The van der Waals surface area contributed by atoms with Crippen molar-refractivity contribution in [2.75, 3.05) is 16.8 Å². The molecule has 0 amide bonds. The molecule has 0 unspecified atom stereocenters. The van der Waals surface area contributed by atoms with Gasteiger partial charge in [-0.15, -0.1) is 5.10 Å². The zero-order chi connectivity index (χ0) is 19.5. The summed E-state index contributed by atoms with van der Waals surface area (Å²) in [6.07, 6.45) is 2.59. The van der Waals surface area contributed by atoms with E-state index in [1.165, 1.54) is 5.56 Å². The monoisotopic (exact) mass is 381 g/mol. The molecule has 0 saturated carbocycles. The average Bonchev–Trinajstić information content (AvgIpc) is 3.20. The second-order valence-electron chi connectivity index (χ2n) is 6.71. The van der Waals surface area contributed by atoms with Gasteiger partial charge in [-0.3, -0.25) is 0 Å². The average molecular weight is 381 g/mol. The van der Waals surface area contributed by atoms with Crippen LogP contribution in [0.5, 0.6) is 11.5 Å². The van der Waals surface area contributed by atoms with E-state index in [2.05, 4.69) is 43.6 Å². The summed E-state index contributed by atoms with van der Waals surface area (Å²) in [5.74, 6) is 2.69. The van der Waals surface area contributed by atoms with Gasteiger partial charge in [0.05, 0.1) is 11.9 Å². The van der Waals surface area contributed by atoms with Crippen LogP contribution >= 0.6 is 0 Å². The molecule has 0 aliphatic carbocycles. The van der Waals surface area contributed by atoms with E-state index in [1.54, 1.807) is 6.20 Å². The second kappa shape index (κ2) is 7.59. The van der Waals surface area contributed by atoms with Crippen molar-refractivity contribution in [2.45, 2.75) is 6.42 Å². The van der Waals surface area contributed by atoms with Crippen LogP contribution in [0.2, 0.25) is 0 Å². The van der Waals surface area contributed by atoms with Crippen LogP contribution in [0.15, 0.2) is 85.1 Å². The van der Waals surface area contributed by atoms with E-state index in [-0.39, 0.29) is 0 Å². The third-order valence-corrected chi connectivity index (χ3v) is 4.80. The summed E-state index contributed by atoms with van der Waals surface area (Å²) in [6, 6.07) is 25.8. The minimum Gasteiger partial charge on any atom is -0.455 e. The molecule has 6 nitrogen and oxygen atoms in total. The minimum absolute atomic E-state index is 0.585. The lowest BCUT2D eigenvalue weighted by Gasteiger charge is -2.17. The van der Waals surface area contributed by atoms with Crippen molar-refractivity contribution in [3.63, 3.8) is 0 Å². The molecular formula is C23H19N5O. The van der Waals surface area contributed by atoms with Gasteiger partial charge in [0.25, 0.3) is 5.95 Å². The Morgan fingerprint density at radius 3 is 2.59 bits per heavy atom. The molecule has 3 aromatic carbocycles. The molecule has 6 heteroatoms. The summed E-state index contributed by atoms with van der Waals surface area (Å²) in [5, 5.41) is 11.7. The molecule has 0 bridgehead atoms. The SMILES string of the molecule is c1ccc(Oc2ccccc2Nc2cnnc(N3CCc4ccccc43)n2)cc1. The first-order valence-corrected chi connectivity index (χ1v) is 9.51. The normalized spacial score (nSPS) is 12.5. The van der Waals surface area contributed by atoms with Crippen molar-refractivity contribution in [3.8, 4) is 11.5 Å². The molecule has 1 aromatic heterocycles. The first kappa shape index (κ1) is 17.2. The Morgan fingerprint density at radius 2 is 1.66 bits per heavy atom. The number of ether oxygens (including phenoxy) is 1. The van der Waals surface area contributed by atoms with Gasteiger partial charge in [-0.1, -0.05) is 48.5 Å². The number of para-hydroxylation sites is 4. The Balaban J connectivity index is 1.41. The first-order chi connectivity index (χ1) is 14.4. The number of nitrogens with one attached hydrogen (secondary N) is 1. The summed E-state index contributed by atoms with van der Waals surface area (Å²) in [6.45, 7) is 0.845. The molecule has 1 N–H and O–H groups in total. The lowest BCUT2D eigenvalue weighted by Crippen LogP contribution is -2.17. The van der Waals surface area contributed by atoms with Crippen molar-refractivity contribution >= 4 is 23.1 Å². The third kappa shape index (κ3) is 3.60. The van der Waals surface area contributed by atoms with E-state index in [4.69, 9.17) is 4.74 Å². The van der Waals surface area contributed by atoms with Gasteiger partial charge in [-0.2, -0.15) is 10.1 Å². The number of fused-ring (bicyclic) bond motifs is 1. The van der Waals surface area contributed by atoms with Gasteiger partial charge >= 0.3 is 0 Å². The van der Waals surface area contributed by atoms with Gasteiger partial charge in [0.1, 0.15) is 5.75 Å². The number of anilines is 4. The first-order valence-electron chi connectivity index (χ1n) is 9.51. The maximum Gasteiger partial charge on any atom is 0.251 e. The predicted molar refractivity (Wildman–Crippen MR) is 113 cm³/mol. The van der Waals surface area contributed by atoms with Gasteiger partial charge in [0.15, 0.2) is 11.6 Å². The molecule has 5 rings (SSSR count). The van der Waals surface area contributed by atoms with Crippen LogP contribution in [0, 0.1) is 0 Å². The Bertz CT molecular complexity index is 1130. The van der Waals surface area contributed by atoms with Crippen molar-refractivity contribution in [3.05, 3.63) is 90.6 Å². The van der Waals surface area contributed by atoms with Crippen LogP contribution in [0.4, 0.5) is 23.1 Å². The van der Waals surface area contributed by atoms with Gasteiger partial charge in [-0.05, 0) is 42.3 Å². The quantitative estimate of drug-likeness (QED) is 0.519. The smallest absolute Gasteiger partial charge is 0.251 e. The fraction of sp³-hybridized carbons (Fsp3) is 0.0870. The van der Waals surface area contributed by atoms with Crippen molar-refractivity contribution in [1.29, 1.82) is 0 Å². The molecule has 2 heterocycles. The molecule has 29 heavy (non-hydrogen) atoms. The van der Waals surface area contributed by atoms with E-state index in [1.807, 2.05) is 60.7 Å². The largest absolute Gasteiger partial charge is 0.455 e. The minimum atomic E-state index is 0.585. The van der Waals surface area contributed by atoms with Crippen LogP contribution in [-0.2, 0) is 6.42 Å². The number of benzene rings is 3. The Labute approximate surface area is 168 Å². The number of nitrogens with zero attached hydrogens (tertiary/aromatic N) is 4. The zero-order valence-corrected chi connectivity index (χ0v) is 15.7. The molecule has 1 aliphatic heterocycles. The van der Waals surface area contributed by atoms with E-state index in [9.17, 15) is 0 Å². The second-order valence-corrected chi connectivity index (χ2v) is 6.71. The molecule has 142 valence electrons. The highest BCUT2D eigenvalue weighted by Crippen LogP contribution is 2.34. The number of hydrogen-bond acceptors (Lipinski definition) is 6. The maximum atomic E-state index is 6.02. The topological polar surface area (TPSA) is 63.2 Å². The fourth-order valence-corrected chi connectivity index (χ4v) is 3.43. The molecule has 0 spiro atoms. The number of aromatic nitrogens is 3. The van der Waals surface area contributed by atoms with Crippen LogP contribution < -0.4 is 15.0 Å². The molecule has 0 saturated heterocycles. The number of hydrogen-bond donors (Lipinski definition) is 1. The Hall–Kier alpha value is -3.93. The van der Waals surface area contributed by atoms with Crippen LogP contribution in [-0.4, -0.2) is 21.7 Å². The molecule has 0 fully saturated rings. The molecule has 0 radical (unpaired) electrons. The highest BCUT2D eigenvalue weighted by atomic mass is 16.5. The van der Waals surface area contributed by atoms with Crippen LogP contribution in [0.1, 0.15) is 5.56 Å². The van der Waals surface area contributed by atoms with Gasteiger partial charge in [0.2, 0.25) is 0 Å². The number of rotatable bonds is 5. The lowest BCUT2D eigenvalue weighted by atomic mass is 10.2. The predicted octanol–water partition coefficient (Wildman–Crippen LogP) is 5.10. The third-order valence-electron chi connectivity index (χ3n) is 4.80. The zero-order valence-electron chi connectivity index (χ0n) is 15.7. The standard InChI is InChI=1S/C23H19N5O/c1-2-9-18(10-3-1)29-21-13-7-5-11-19(21)25-22-16-24-27-23(26-22)28-15-14-17-8-4-6-12-20(17)28/h1-13,16H,14-15H2,(H,25,26,27). The van der Waals surface area contributed by atoms with Gasteiger partial charge in [0, 0.05) is 12.2 Å². The van der Waals surface area contributed by atoms with E-state index in [0.717, 1.165) is 30.1 Å². The van der Waals surface area contributed by atoms with E-state index >= 15 is 0 Å². The summed E-state index contributed by atoms with van der Waals surface area (Å²) >= 11 is 0. The van der Waals surface area contributed by atoms with Gasteiger partial charge < -0.3 is 15.0 Å². The van der Waals surface area contributed by atoms with Gasteiger partial charge in [-0.25, -0.2) is 0 Å². The van der Waals surface area contributed by atoms with Crippen molar-refractivity contribution in [1.82, 2.24) is 15.2 Å². The van der Waals surface area contributed by atoms with Crippen LogP contribution in [0.25, 0.3) is 0 Å². The van der Waals surface area contributed by atoms with Crippen molar-refractivity contribution in [2.24, 2.45) is 0 Å². The Morgan fingerprint density at radius 1 is 0.862 bits per heavy atom. The lowest BCUT2D eigenvalue weighted by molar-refractivity contribution is 0.485. The summed E-state index contributed by atoms with van der Waals surface area (Å²) < 4.78 is 6.02. The molecular weight excluding hydrogens is 362 g/mol. The maximum absolute atomic E-state index is 6.02. The fourth-order valence-electron chi connectivity index (χ4n) is 3.43. The van der Waals surface area contributed by atoms with E-state index < -0.39 is 0 Å². The highest BCUT2D eigenvalue weighted by molar-refractivity contribution is 5.68. The molecule has 0 atom stereocenters. The highest BCUT2D eigenvalue weighted by Gasteiger charge is 2.22. The summed E-state index contributed by atoms with van der Waals surface area (Å²) in [7, 11) is 0. The summed E-state index contributed by atoms with van der Waals surface area (Å²) in [5.41, 5.74) is 3.25. The van der Waals surface area contributed by atoms with Crippen molar-refractivity contribution < 1.29 is 4.74 Å². The summed E-state index contributed by atoms with van der Waals surface area (Å²) in [4.78, 5) is 6.78.